The van der Waals surface area contributed by atoms with E-state index in [2.05, 4.69) is 0 Å². The van der Waals surface area contributed by atoms with Crippen molar-refractivity contribution in [3.63, 3.8) is 0 Å². The first-order valence-corrected chi connectivity index (χ1v) is 4.61. The number of methoxy groups -OCH3 is 1. The molecule has 0 saturated carbocycles. The average Bonchev–Trinajstić information content (AvgIpc) is 2.18. The van der Waals surface area contributed by atoms with Gasteiger partial charge >= 0.3 is 5.97 Å². The summed E-state index contributed by atoms with van der Waals surface area (Å²) < 4.78 is 5.14. The Kier molecular flexibility index (Phi) is 3.50. The molecule has 0 aromatic heterocycles. The first-order valence-electron chi connectivity index (χ1n) is 4.61. The Morgan fingerprint density at radius 1 is 1.47 bits per heavy atom. The van der Waals surface area contributed by atoms with Gasteiger partial charge in [-0.15, -0.1) is 0 Å². The van der Waals surface area contributed by atoms with E-state index in [4.69, 9.17) is 9.84 Å². The minimum atomic E-state index is -0.918. The lowest BCUT2D eigenvalue weighted by Gasteiger charge is -2.06. The summed E-state index contributed by atoms with van der Waals surface area (Å²) in [7, 11) is 1.57. The molecule has 1 rings (SSSR count). The van der Waals surface area contributed by atoms with Crippen LogP contribution < -0.4 is 4.74 Å². The van der Waals surface area contributed by atoms with E-state index in [1.165, 1.54) is 0 Å². The summed E-state index contributed by atoms with van der Waals surface area (Å²) in [5, 5.41) is 8.77. The van der Waals surface area contributed by atoms with E-state index in [9.17, 15) is 4.79 Å². The Labute approximate surface area is 89.0 Å². The fraction of sp³-hybridized carbons (Fsp3) is 0.250. The summed E-state index contributed by atoms with van der Waals surface area (Å²) in [4.78, 5) is 10.7. The Morgan fingerprint density at radius 2 is 2.13 bits per heavy atom. The van der Waals surface area contributed by atoms with Crippen LogP contribution >= 0.6 is 0 Å². The molecule has 1 aromatic carbocycles. The van der Waals surface area contributed by atoms with Crippen molar-refractivity contribution in [1.82, 2.24) is 0 Å². The Hall–Kier alpha value is -1.77. The second-order valence-corrected chi connectivity index (χ2v) is 3.38. The topological polar surface area (TPSA) is 46.5 Å². The molecule has 0 spiro atoms. The van der Waals surface area contributed by atoms with Gasteiger partial charge in [-0.25, -0.2) is 4.79 Å². The van der Waals surface area contributed by atoms with E-state index in [1.807, 2.05) is 25.1 Å². The third-order valence-corrected chi connectivity index (χ3v) is 2.09. The molecule has 0 unspecified atom stereocenters. The van der Waals surface area contributed by atoms with Crippen LogP contribution in [0, 0.1) is 6.92 Å². The lowest BCUT2D eigenvalue weighted by molar-refractivity contribution is -0.132. The van der Waals surface area contributed by atoms with Crippen LogP contribution in [0.3, 0.4) is 0 Å². The summed E-state index contributed by atoms with van der Waals surface area (Å²) in [6.45, 7) is 3.51. The van der Waals surface area contributed by atoms with Crippen LogP contribution in [-0.2, 0) is 4.79 Å². The van der Waals surface area contributed by atoms with E-state index in [0.29, 0.717) is 11.3 Å². The third-order valence-electron chi connectivity index (χ3n) is 2.09. The van der Waals surface area contributed by atoms with Crippen molar-refractivity contribution in [2.75, 3.05) is 7.11 Å². The van der Waals surface area contributed by atoms with Crippen molar-refractivity contribution in [2.45, 2.75) is 13.8 Å². The molecule has 0 atom stereocenters. The molecule has 1 aromatic rings. The molecular weight excluding hydrogens is 192 g/mol. The molecule has 3 nitrogen and oxygen atoms in total. The van der Waals surface area contributed by atoms with Gasteiger partial charge in [0.15, 0.2) is 0 Å². The lowest BCUT2D eigenvalue weighted by Crippen LogP contribution is -1.96. The number of benzene rings is 1. The molecule has 0 radical (unpaired) electrons. The molecule has 1 N–H and O–H groups in total. The van der Waals surface area contributed by atoms with Gasteiger partial charge in [-0.3, -0.25) is 0 Å². The molecule has 0 fully saturated rings. The summed E-state index contributed by atoms with van der Waals surface area (Å²) in [5.74, 6) is -0.236. The van der Waals surface area contributed by atoms with Crippen molar-refractivity contribution in [3.05, 3.63) is 34.9 Å². The SMILES string of the molecule is COc1ccc(C)cc1/C=C(\C)C(=O)O. The van der Waals surface area contributed by atoms with Crippen LogP contribution in [0.4, 0.5) is 0 Å². The predicted octanol–water partition coefficient (Wildman–Crippen LogP) is 2.49. The number of hydrogen-bond donors (Lipinski definition) is 1. The van der Waals surface area contributed by atoms with Crippen LogP contribution in [-0.4, -0.2) is 18.2 Å². The van der Waals surface area contributed by atoms with Crippen molar-refractivity contribution >= 4 is 12.0 Å². The largest absolute Gasteiger partial charge is 0.496 e. The fourth-order valence-corrected chi connectivity index (χ4v) is 1.26. The van der Waals surface area contributed by atoms with E-state index < -0.39 is 5.97 Å². The van der Waals surface area contributed by atoms with Gasteiger partial charge in [-0.05, 0) is 32.1 Å². The highest BCUT2D eigenvalue weighted by Gasteiger charge is 2.04. The van der Waals surface area contributed by atoms with Gasteiger partial charge in [0.1, 0.15) is 5.75 Å². The molecule has 15 heavy (non-hydrogen) atoms. The number of aryl methyl sites for hydroxylation is 1. The van der Waals surface area contributed by atoms with E-state index in [0.717, 1.165) is 11.1 Å². The van der Waals surface area contributed by atoms with Gasteiger partial charge in [0.05, 0.1) is 7.11 Å². The lowest BCUT2D eigenvalue weighted by atomic mass is 10.1. The molecule has 80 valence electrons. The second-order valence-electron chi connectivity index (χ2n) is 3.38. The molecule has 0 saturated heterocycles. The molecule has 0 aliphatic carbocycles. The number of carboxylic acid groups (broad SMARTS) is 1. The number of ether oxygens (including phenoxy) is 1. The first kappa shape index (κ1) is 11.3. The van der Waals surface area contributed by atoms with Gasteiger partial charge in [-0.2, -0.15) is 0 Å². The zero-order valence-corrected chi connectivity index (χ0v) is 9.07. The van der Waals surface area contributed by atoms with Crippen LogP contribution in [0.2, 0.25) is 0 Å². The molecule has 0 heterocycles. The van der Waals surface area contributed by atoms with Crippen LogP contribution in [0.15, 0.2) is 23.8 Å². The smallest absolute Gasteiger partial charge is 0.331 e. The molecule has 0 bridgehead atoms. The summed E-state index contributed by atoms with van der Waals surface area (Å²) >= 11 is 0. The van der Waals surface area contributed by atoms with E-state index in [1.54, 1.807) is 20.1 Å². The summed E-state index contributed by atoms with van der Waals surface area (Å²) in [5.41, 5.74) is 2.15. The van der Waals surface area contributed by atoms with Crippen LogP contribution in [0.25, 0.3) is 6.08 Å². The van der Waals surface area contributed by atoms with Crippen LogP contribution in [0.5, 0.6) is 5.75 Å². The Bertz CT molecular complexity index is 405. The highest BCUT2D eigenvalue weighted by molar-refractivity contribution is 5.91. The molecule has 0 amide bonds. The van der Waals surface area contributed by atoms with Crippen molar-refractivity contribution in [1.29, 1.82) is 0 Å². The molecule has 0 aliphatic rings. The number of aliphatic carboxylic acids is 1. The zero-order valence-electron chi connectivity index (χ0n) is 9.07. The van der Waals surface area contributed by atoms with Gasteiger partial charge in [-0.1, -0.05) is 11.6 Å². The standard InChI is InChI=1S/C12H14O3/c1-8-4-5-11(15-3)10(6-8)7-9(2)12(13)14/h4-7H,1-3H3,(H,13,14)/b9-7+. The molecular formula is C12H14O3. The Balaban J connectivity index is 3.18. The van der Waals surface area contributed by atoms with Crippen LogP contribution in [0.1, 0.15) is 18.1 Å². The number of carbonyl (C=O) groups is 1. The predicted molar refractivity (Wildman–Crippen MR) is 59.0 cm³/mol. The monoisotopic (exact) mass is 206 g/mol. The van der Waals surface area contributed by atoms with Crippen molar-refractivity contribution in [3.8, 4) is 5.75 Å². The van der Waals surface area contributed by atoms with Crippen molar-refractivity contribution < 1.29 is 14.6 Å². The minimum Gasteiger partial charge on any atom is -0.496 e. The maximum atomic E-state index is 10.7. The van der Waals surface area contributed by atoms with Gasteiger partial charge < -0.3 is 9.84 Å². The average molecular weight is 206 g/mol. The summed E-state index contributed by atoms with van der Waals surface area (Å²) in [6, 6.07) is 5.65. The molecule has 3 heteroatoms. The summed E-state index contributed by atoms with van der Waals surface area (Å²) in [6.07, 6.45) is 1.61. The van der Waals surface area contributed by atoms with E-state index >= 15 is 0 Å². The van der Waals surface area contributed by atoms with Gasteiger partial charge in [0, 0.05) is 11.1 Å². The number of rotatable bonds is 3. The minimum absolute atomic E-state index is 0.291. The van der Waals surface area contributed by atoms with Gasteiger partial charge in [0.25, 0.3) is 0 Å². The fourth-order valence-electron chi connectivity index (χ4n) is 1.26. The second kappa shape index (κ2) is 4.64. The normalized spacial score (nSPS) is 11.3. The third kappa shape index (κ3) is 2.84. The highest BCUT2D eigenvalue weighted by Crippen LogP contribution is 2.22. The van der Waals surface area contributed by atoms with Crippen molar-refractivity contribution in [2.24, 2.45) is 0 Å². The highest BCUT2D eigenvalue weighted by atomic mass is 16.5. The Morgan fingerprint density at radius 3 is 2.67 bits per heavy atom. The number of hydrogen-bond acceptors (Lipinski definition) is 2. The maximum absolute atomic E-state index is 10.7. The molecule has 0 aliphatic heterocycles. The maximum Gasteiger partial charge on any atom is 0.331 e. The van der Waals surface area contributed by atoms with E-state index in [-0.39, 0.29) is 0 Å². The van der Waals surface area contributed by atoms with Gasteiger partial charge in [0.2, 0.25) is 0 Å². The zero-order chi connectivity index (χ0) is 11.4. The quantitative estimate of drug-likeness (QED) is 0.773. The number of carboxylic acids is 1. The first-order chi connectivity index (χ1) is 7.04.